The van der Waals surface area contributed by atoms with Crippen LogP contribution in [0.1, 0.15) is 39.5 Å². The molecule has 24 heavy (non-hydrogen) atoms. The second-order valence-corrected chi connectivity index (χ2v) is 9.20. The van der Waals surface area contributed by atoms with E-state index in [0.717, 1.165) is 12.8 Å². The average Bonchev–Trinajstić information content (AvgIpc) is 3.07. The predicted molar refractivity (Wildman–Crippen MR) is 94.3 cm³/mol. The van der Waals surface area contributed by atoms with Crippen molar-refractivity contribution in [3.05, 3.63) is 23.2 Å². The van der Waals surface area contributed by atoms with Gasteiger partial charge < -0.3 is 4.74 Å². The van der Waals surface area contributed by atoms with Gasteiger partial charge in [0.15, 0.2) is 0 Å². The van der Waals surface area contributed by atoms with Crippen LogP contribution in [0.4, 0.5) is 0 Å². The molecule has 0 aliphatic heterocycles. The van der Waals surface area contributed by atoms with E-state index in [0.29, 0.717) is 35.5 Å². The number of hydrogen-bond donors (Lipinski definition) is 0. The molecule has 0 N–H and O–H groups in total. The highest BCUT2D eigenvalue weighted by atomic mass is 35.5. The van der Waals surface area contributed by atoms with Gasteiger partial charge in [0.05, 0.1) is 22.9 Å². The Balaban J connectivity index is 2.12. The van der Waals surface area contributed by atoms with E-state index < -0.39 is 15.1 Å². The molecule has 3 rings (SSSR count). The Morgan fingerprint density at radius 2 is 1.92 bits per heavy atom. The van der Waals surface area contributed by atoms with Gasteiger partial charge in [0.2, 0.25) is 14.9 Å². The van der Waals surface area contributed by atoms with Gasteiger partial charge in [0.25, 0.3) is 5.88 Å². The summed E-state index contributed by atoms with van der Waals surface area (Å²) >= 11 is 6.01. The number of rotatable bonds is 5. The molecule has 0 bridgehead atoms. The second kappa shape index (κ2) is 6.84. The molecule has 1 heterocycles. The van der Waals surface area contributed by atoms with Gasteiger partial charge in [0.1, 0.15) is 0 Å². The van der Waals surface area contributed by atoms with Crippen molar-refractivity contribution in [2.75, 3.05) is 6.61 Å². The maximum Gasteiger partial charge on any atom is 0.252 e. The number of fused-ring (bicyclic) bond motifs is 1. The molecule has 0 saturated heterocycles. The molecule has 5 nitrogen and oxygen atoms in total. The van der Waals surface area contributed by atoms with Crippen LogP contribution in [-0.4, -0.2) is 30.2 Å². The monoisotopic (exact) mass is 368 g/mol. The first kappa shape index (κ1) is 17.4. The van der Waals surface area contributed by atoms with Crippen LogP contribution >= 0.6 is 11.6 Å². The van der Waals surface area contributed by atoms with Crippen molar-refractivity contribution in [1.82, 2.24) is 9.97 Å². The van der Waals surface area contributed by atoms with Gasteiger partial charge in [-0.25, -0.2) is 18.4 Å². The zero-order chi connectivity index (χ0) is 17.3. The molecule has 1 aliphatic carbocycles. The number of ether oxygens (including phenoxy) is 1. The van der Waals surface area contributed by atoms with Crippen molar-refractivity contribution in [2.45, 2.75) is 49.8 Å². The first-order chi connectivity index (χ1) is 11.4. The fourth-order valence-corrected chi connectivity index (χ4v) is 4.89. The van der Waals surface area contributed by atoms with Crippen molar-refractivity contribution in [2.24, 2.45) is 5.92 Å². The minimum atomic E-state index is -3.56. The summed E-state index contributed by atoms with van der Waals surface area (Å²) < 4.78 is 31.7. The summed E-state index contributed by atoms with van der Waals surface area (Å²) in [6.45, 7) is 4.39. The van der Waals surface area contributed by atoms with Crippen molar-refractivity contribution in [1.29, 1.82) is 0 Å². The summed E-state index contributed by atoms with van der Waals surface area (Å²) in [5.41, 5.74) is 1.04. The molecule has 1 aliphatic rings. The highest BCUT2D eigenvalue weighted by Crippen LogP contribution is 2.33. The fraction of sp³-hybridized carbons (Fsp3) is 0.529. The number of benzene rings is 1. The van der Waals surface area contributed by atoms with Crippen LogP contribution in [0.3, 0.4) is 0 Å². The fourth-order valence-electron chi connectivity index (χ4n) is 2.88. The van der Waals surface area contributed by atoms with E-state index in [2.05, 4.69) is 9.97 Å². The Labute approximate surface area is 147 Å². The third-order valence-corrected chi connectivity index (χ3v) is 6.52. The molecule has 1 aromatic carbocycles. The Morgan fingerprint density at radius 1 is 1.21 bits per heavy atom. The maximum atomic E-state index is 13.0. The van der Waals surface area contributed by atoms with E-state index in [4.69, 9.17) is 16.3 Å². The summed E-state index contributed by atoms with van der Waals surface area (Å²) in [5.74, 6) is 0.361. The molecule has 0 spiro atoms. The third-order valence-electron chi connectivity index (χ3n) is 4.13. The zero-order valence-corrected chi connectivity index (χ0v) is 15.4. The van der Waals surface area contributed by atoms with E-state index in [9.17, 15) is 8.42 Å². The maximum absolute atomic E-state index is 13.0. The number of hydrogen-bond acceptors (Lipinski definition) is 5. The molecule has 0 unspecified atom stereocenters. The highest BCUT2D eigenvalue weighted by molar-refractivity contribution is 7.92. The SMILES string of the molecule is CC(C)COc1nc2ccc(Cl)cc2nc1S(=O)(=O)C1CCCC1. The summed E-state index contributed by atoms with van der Waals surface area (Å²) in [6.07, 6.45) is 3.19. The van der Waals surface area contributed by atoms with Gasteiger partial charge >= 0.3 is 0 Å². The summed E-state index contributed by atoms with van der Waals surface area (Å²) in [7, 11) is -3.56. The first-order valence-electron chi connectivity index (χ1n) is 8.22. The van der Waals surface area contributed by atoms with Crippen molar-refractivity contribution >= 4 is 32.5 Å². The quantitative estimate of drug-likeness (QED) is 0.796. The number of nitrogens with zero attached hydrogens (tertiary/aromatic N) is 2. The van der Waals surface area contributed by atoms with Crippen molar-refractivity contribution < 1.29 is 13.2 Å². The van der Waals surface area contributed by atoms with Gasteiger partial charge in [0, 0.05) is 5.02 Å². The Morgan fingerprint density at radius 3 is 2.58 bits per heavy atom. The molecule has 1 aromatic heterocycles. The lowest BCUT2D eigenvalue weighted by Crippen LogP contribution is -2.21. The van der Waals surface area contributed by atoms with Crippen molar-refractivity contribution in [3.8, 4) is 5.88 Å². The van der Waals surface area contributed by atoms with E-state index in [1.807, 2.05) is 13.8 Å². The standard InChI is InChI=1S/C17H21ClN2O3S/c1-11(2)10-23-16-17(24(21,22)13-5-3-4-6-13)20-15-9-12(18)7-8-14(15)19-16/h7-9,11,13H,3-6,10H2,1-2H3. The molecule has 2 aromatic rings. The van der Waals surface area contributed by atoms with Crippen molar-refractivity contribution in [3.63, 3.8) is 0 Å². The third kappa shape index (κ3) is 3.49. The van der Waals surface area contributed by atoms with Crippen LogP contribution in [-0.2, 0) is 9.84 Å². The highest BCUT2D eigenvalue weighted by Gasteiger charge is 2.35. The van der Waals surface area contributed by atoms with Crippen LogP contribution in [0.2, 0.25) is 5.02 Å². The van der Waals surface area contributed by atoms with Gasteiger partial charge in [-0.2, -0.15) is 0 Å². The molecular formula is C17H21ClN2O3S. The number of aromatic nitrogens is 2. The van der Waals surface area contributed by atoms with Crippen LogP contribution in [0.25, 0.3) is 11.0 Å². The topological polar surface area (TPSA) is 69.2 Å². The second-order valence-electron chi connectivity index (χ2n) is 6.62. The Bertz CT molecular complexity index is 846. The summed E-state index contributed by atoms with van der Waals surface area (Å²) in [5, 5.41) is 0.0477. The average molecular weight is 369 g/mol. The van der Waals surface area contributed by atoms with E-state index in [1.54, 1.807) is 18.2 Å². The van der Waals surface area contributed by atoms with Gasteiger partial charge in [-0.1, -0.05) is 38.3 Å². The molecular weight excluding hydrogens is 348 g/mol. The summed E-state index contributed by atoms with van der Waals surface area (Å²) in [4.78, 5) is 8.77. The summed E-state index contributed by atoms with van der Waals surface area (Å²) in [6, 6.07) is 5.05. The number of sulfone groups is 1. The zero-order valence-electron chi connectivity index (χ0n) is 13.8. The minimum absolute atomic E-state index is 0.0511. The smallest absolute Gasteiger partial charge is 0.252 e. The Kier molecular flexibility index (Phi) is 4.97. The van der Waals surface area contributed by atoms with Gasteiger partial charge in [-0.3, -0.25) is 0 Å². The van der Waals surface area contributed by atoms with E-state index in [1.165, 1.54) is 0 Å². The van der Waals surface area contributed by atoms with Crippen LogP contribution in [0.15, 0.2) is 23.2 Å². The van der Waals surface area contributed by atoms with Crippen LogP contribution in [0, 0.1) is 5.92 Å². The predicted octanol–water partition coefficient (Wildman–Crippen LogP) is 4.03. The molecule has 1 fully saturated rings. The molecule has 0 atom stereocenters. The van der Waals surface area contributed by atoms with E-state index >= 15 is 0 Å². The minimum Gasteiger partial charge on any atom is -0.475 e. The van der Waals surface area contributed by atoms with Gasteiger partial charge in [-0.05, 0) is 37.0 Å². The first-order valence-corrected chi connectivity index (χ1v) is 10.1. The number of halogens is 1. The van der Waals surface area contributed by atoms with Gasteiger partial charge in [-0.15, -0.1) is 0 Å². The lowest BCUT2D eigenvalue weighted by atomic mass is 10.2. The van der Waals surface area contributed by atoms with Crippen LogP contribution in [0.5, 0.6) is 5.88 Å². The van der Waals surface area contributed by atoms with E-state index in [-0.39, 0.29) is 16.8 Å². The molecule has 0 radical (unpaired) electrons. The largest absolute Gasteiger partial charge is 0.475 e. The lowest BCUT2D eigenvalue weighted by Gasteiger charge is -2.15. The molecule has 0 amide bonds. The molecule has 1 saturated carbocycles. The molecule has 130 valence electrons. The molecule has 7 heteroatoms. The van der Waals surface area contributed by atoms with Crippen LogP contribution < -0.4 is 4.74 Å². The Hall–Kier alpha value is -1.40. The normalized spacial score (nSPS) is 16.2. The lowest BCUT2D eigenvalue weighted by molar-refractivity contribution is 0.253.